The smallest absolute Gasteiger partial charge is 0.327 e. The van der Waals surface area contributed by atoms with Gasteiger partial charge in [0.25, 0.3) is 0 Å². The second kappa shape index (κ2) is 5.82. The molecule has 0 amide bonds. The van der Waals surface area contributed by atoms with E-state index in [2.05, 4.69) is 10.1 Å². The highest BCUT2D eigenvalue weighted by atomic mass is 35.5. The molecule has 0 heterocycles. The molecule has 1 rings (SSSR count). The first kappa shape index (κ1) is 12.9. The zero-order chi connectivity index (χ0) is 12.1. The molecule has 5 heteroatoms. The Morgan fingerprint density at radius 2 is 2.31 bits per heavy atom. The van der Waals surface area contributed by atoms with Gasteiger partial charge in [0, 0.05) is 0 Å². The lowest BCUT2D eigenvalue weighted by molar-refractivity contribution is -0.143. The van der Waals surface area contributed by atoms with Gasteiger partial charge in [0.1, 0.15) is 11.9 Å². The van der Waals surface area contributed by atoms with Crippen molar-refractivity contribution in [3.05, 3.63) is 34.6 Å². The van der Waals surface area contributed by atoms with Gasteiger partial charge in [0.2, 0.25) is 0 Å². The van der Waals surface area contributed by atoms with E-state index in [0.717, 1.165) is 0 Å². The highest BCUT2D eigenvalue weighted by Gasteiger charge is 2.20. The topological polar surface area (TPSA) is 38.3 Å². The highest BCUT2D eigenvalue weighted by Crippen LogP contribution is 2.21. The third kappa shape index (κ3) is 2.93. The number of hydrogen-bond donors (Lipinski definition) is 1. The second-order valence-corrected chi connectivity index (χ2v) is 3.59. The number of benzene rings is 1. The quantitative estimate of drug-likeness (QED) is 0.828. The Balaban J connectivity index is 3.01. The molecule has 1 unspecified atom stereocenters. The van der Waals surface area contributed by atoms with Crippen LogP contribution in [-0.4, -0.2) is 19.6 Å². The number of hydrogen-bond acceptors (Lipinski definition) is 3. The molecule has 1 aromatic rings. The number of halogens is 2. The molecule has 0 spiro atoms. The molecule has 0 bridgehead atoms. The summed E-state index contributed by atoms with van der Waals surface area (Å²) in [5, 5.41) is 2.94. The number of ether oxygens (including phenoxy) is 1. The minimum atomic E-state index is -0.665. The van der Waals surface area contributed by atoms with Crippen molar-refractivity contribution in [2.24, 2.45) is 0 Å². The third-order valence-corrected chi connectivity index (χ3v) is 2.43. The van der Waals surface area contributed by atoms with E-state index in [0.29, 0.717) is 12.1 Å². The molecule has 0 aliphatic carbocycles. The van der Waals surface area contributed by atoms with Crippen LogP contribution >= 0.6 is 11.6 Å². The van der Waals surface area contributed by atoms with Crippen LogP contribution in [0.3, 0.4) is 0 Å². The molecule has 16 heavy (non-hydrogen) atoms. The van der Waals surface area contributed by atoms with Crippen LogP contribution in [0.5, 0.6) is 0 Å². The standard InChI is InChI=1S/C11H13ClFNO2/c1-3-14-10(11(15)16-2)7-4-5-8(12)9(13)6-7/h4-6,10,14H,3H2,1-2H3. The van der Waals surface area contributed by atoms with E-state index in [4.69, 9.17) is 11.6 Å². The lowest BCUT2D eigenvalue weighted by Crippen LogP contribution is -2.29. The number of carbonyl (C=O) groups is 1. The van der Waals surface area contributed by atoms with Crippen molar-refractivity contribution in [3.8, 4) is 0 Å². The first-order chi connectivity index (χ1) is 7.60. The minimum absolute atomic E-state index is 0.0314. The largest absolute Gasteiger partial charge is 0.468 e. The van der Waals surface area contributed by atoms with Crippen molar-refractivity contribution in [1.29, 1.82) is 0 Å². The number of methoxy groups -OCH3 is 1. The summed E-state index contributed by atoms with van der Waals surface area (Å²) in [4.78, 5) is 11.5. The highest BCUT2D eigenvalue weighted by molar-refractivity contribution is 6.30. The van der Waals surface area contributed by atoms with Crippen LogP contribution < -0.4 is 5.32 Å². The number of rotatable bonds is 4. The molecule has 0 saturated carbocycles. The molecule has 88 valence electrons. The summed E-state index contributed by atoms with van der Waals surface area (Å²) in [5.41, 5.74) is 0.496. The lowest BCUT2D eigenvalue weighted by atomic mass is 10.1. The van der Waals surface area contributed by atoms with E-state index in [9.17, 15) is 9.18 Å². The summed E-state index contributed by atoms with van der Waals surface area (Å²) < 4.78 is 17.9. The predicted octanol–water partition coefficient (Wildman–Crippen LogP) is 2.30. The third-order valence-electron chi connectivity index (χ3n) is 2.12. The van der Waals surface area contributed by atoms with Crippen molar-refractivity contribution < 1.29 is 13.9 Å². The number of carbonyl (C=O) groups excluding carboxylic acids is 1. The van der Waals surface area contributed by atoms with E-state index in [1.807, 2.05) is 6.92 Å². The van der Waals surface area contributed by atoms with E-state index in [1.54, 1.807) is 6.07 Å². The van der Waals surface area contributed by atoms with E-state index >= 15 is 0 Å². The molecule has 0 aliphatic heterocycles. The molecule has 1 N–H and O–H groups in total. The van der Waals surface area contributed by atoms with Gasteiger partial charge in [-0.3, -0.25) is 0 Å². The fourth-order valence-electron chi connectivity index (χ4n) is 1.35. The molecule has 1 aromatic carbocycles. The predicted molar refractivity (Wildman–Crippen MR) is 59.8 cm³/mol. The summed E-state index contributed by atoms with van der Waals surface area (Å²) in [6, 6.07) is 3.57. The average molecular weight is 246 g/mol. The Morgan fingerprint density at radius 1 is 1.62 bits per heavy atom. The Hall–Kier alpha value is -1.13. The maximum Gasteiger partial charge on any atom is 0.327 e. The maximum atomic E-state index is 13.2. The van der Waals surface area contributed by atoms with Gasteiger partial charge in [0.15, 0.2) is 0 Å². The van der Waals surface area contributed by atoms with Crippen LogP contribution in [0.1, 0.15) is 18.5 Å². The summed E-state index contributed by atoms with van der Waals surface area (Å²) in [5.74, 6) is -1.01. The molecule has 0 aliphatic rings. The molecule has 0 aromatic heterocycles. The van der Waals surface area contributed by atoms with Crippen LogP contribution in [0.2, 0.25) is 5.02 Å². The van der Waals surface area contributed by atoms with Crippen LogP contribution in [-0.2, 0) is 9.53 Å². The number of likely N-dealkylation sites (N-methyl/N-ethyl adjacent to an activating group) is 1. The molecular weight excluding hydrogens is 233 g/mol. The Kier molecular flexibility index (Phi) is 4.71. The van der Waals surface area contributed by atoms with Gasteiger partial charge >= 0.3 is 5.97 Å². The van der Waals surface area contributed by atoms with Crippen molar-refractivity contribution in [3.63, 3.8) is 0 Å². The fraction of sp³-hybridized carbons (Fsp3) is 0.364. The molecule has 1 atom stereocenters. The monoisotopic (exact) mass is 245 g/mol. The molecule has 0 fully saturated rings. The first-order valence-corrected chi connectivity index (χ1v) is 5.24. The molecule has 3 nitrogen and oxygen atoms in total. The van der Waals surface area contributed by atoms with Crippen molar-refractivity contribution in [1.82, 2.24) is 5.32 Å². The fourth-order valence-corrected chi connectivity index (χ4v) is 1.47. The zero-order valence-corrected chi connectivity index (χ0v) is 9.84. The van der Waals surface area contributed by atoms with Gasteiger partial charge in [-0.05, 0) is 24.2 Å². The van der Waals surface area contributed by atoms with Crippen molar-refractivity contribution in [2.75, 3.05) is 13.7 Å². The van der Waals surface area contributed by atoms with Gasteiger partial charge in [-0.2, -0.15) is 0 Å². The average Bonchev–Trinajstić information content (AvgIpc) is 2.29. The Bertz CT molecular complexity index is 384. The summed E-state index contributed by atoms with van der Waals surface area (Å²) in [6.45, 7) is 2.42. The summed E-state index contributed by atoms with van der Waals surface area (Å²) >= 11 is 5.56. The normalized spacial score (nSPS) is 12.2. The first-order valence-electron chi connectivity index (χ1n) is 4.86. The van der Waals surface area contributed by atoms with Gasteiger partial charge in [-0.15, -0.1) is 0 Å². The van der Waals surface area contributed by atoms with Gasteiger partial charge in [-0.1, -0.05) is 24.6 Å². The zero-order valence-electron chi connectivity index (χ0n) is 9.09. The summed E-state index contributed by atoms with van der Waals surface area (Å²) in [7, 11) is 1.29. The van der Waals surface area contributed by atoms with E-state index in [-0.39, 0.29) is 5.02 Å². The van der Waals surface area contributed by atoms with Crippen LogP contribution in [0.15, 0.2) is 18.2 Å². The Labute approximate surface area is 98.5 Å². The van der Waals surface area contributed by atoms with Crippen LogP contribution in [0, 0.1) is 5.82 Å². The van der Waals surface area contributed by atoms with Crippen LogP contribution in [0.25, 0.3) is 0 Å². The lowest BCUT2D eigenvalue weighted by Gasteiger charge is -2.15. The van der Waals surface area contributed by atoms with E-state index in [1.165, 1.54) is 19.2 Å². The van der Waals surface area contributed by atoms with Crippen molar-refractivity contribution >= 4 is 17.6 Å². The van der Waals surface area contributed by atoms with Gasteiger partial charge < -0.3 is 10.1 Å². The SMILES string of the molecule is CCNC(C(=O)OC)c1ccc(Cl)c(F)c1. The Morgan fingerprint density at radius 3 is 2.81 bits per heavy atom. The number of nitrogens with one attached hydrogen (secondary N) is 1. The van der Waals surface area contributed by atoms with E-state index < -0.39 is 17.8 Å². The number of esters is 1. The molecular formula is C11H13ClFNO2. The maximum absolute atomic E-state index is 13.2. The second-order valence-electron chi connectivity index (χ2n) is 3.19. The summed E-state index contributed by atoms with van der Waals surface area (Å²) in [6.07, 6.45) is 0. The van der Waals surface area contributed by atoms with Crippen molar-refractivity contribution in [2.45, 2.75) is 13.0 Å². The van der Waals surface area contributed by atoms with Crippen LogP contribution in [0.4, 0.5) is 4.39 Å². The molecule has 0 saturated heterocycles. The molecule has 0 radical (unpaired) electrons. The minimum Gasteiger partial charge on any atom is -0.468 e. The van der Waals surface area contributed by atoms with Gasteiger partial charge in [-0.25, -0.2) is 9.18 Å². The van der Waals surface area contributed by atoms with Gasteiger partial charge in [0.05, 0.1) is 12.1 Å².